The summed E-state index contributed by atoms with van der Waals surface area (Å²) < 4.78 is 12.3. The van der Waals surface area contributed by atoms with Gasteiger partial charge >= 0.3 is 0 Å². The number of fused-ring (bicyclic) bond motifs is 1. The Balaban J connectivity index is 1.42. The molecule has 2 aromatic rings. The van der Waals surface area contributed by atoms with Crippen molar-refractivity contribution < 1.29 is 9.47 Å². The maximum Gasteiger partial charge on any atom is 0.100 e. The van der Waals surface area contributed by atoms with Crippen molar-refractivity contribution in [3.63, 3.8) is 0 Å². The molecule has 0 N–H and O–H groups in total. The lowest BCUT2D eigenvalue weighted by Gasteiger charge is -2.32. The zero-order valence-electron chi connectivity index (χ0n) is 13.1. The van der Waals surface area contributed by atoms with Gasteiger partial charge in [0.1, 0.15) is 6.10 Å². The van der Waals surface area contributed by atoms with Gasteiger partial charge in [-0.1, -0.05) is 0 Å². The molecule has 0 amide bonds. The Kier molecular flexibility index (Phi) is 4.71. The Morgan fingerprint density at radius 3 is 3.00 bits per heavy atom. The second-order valence-electron chi connectivity index (χ2n) is 6.31. The number of hydrogen-bond acceptors (Lipinski definition) is 5. The number of hydrogen-bond donors (Lipinski definition) is 0. The molecule has 0 unspecified atom stereocenters. The van der Waals surface area contributed by atoms with E-state index in [9.17, 15) is 0 Å². The molecule has 23 heavy (non-hydrogen) atoms. The third-order valence-electron chi connectivity index (χ3n) is 4.76. The van der Waals surface area contributed by atoms with Crippen LogP contribution in [0.5, 0.6) is 0 Å². The van der Waals surface area contributed by atoms with Gasteiger partial charge in [0.25, 0.3) is 0 Å². The summed E-state index contributed by atoms with van der Waals surface area (Å²) in [5, 5.41) is 4.39. The van der Waals surface area contributed by atoms with Crippen molar-refractivity contribution >= 4 is 11.3 Å². The summed E-state index contributed by atoms with van der Waals surface area (Å²) in [5.41, 5.74) is 2.57. The Morgan fingerprint density at radius 2 is 2.17 bits per heavy atom. The van der Waals surface area contributed by atoms with Crippen LogP contribution < -0.4 is 0 Å². The second-order valence-corrected chi connectivity index (χ2v) is 7.09. The number of aromatic nitrogens is 1. The predicted octanol–water partition coefficient (Wildman–Crippen LogP) is 3.09. The summed E-state index contributed by atoms with van der Waals surface area (Å²) in [4.78, 5) is 6.60. The van der Waals surface area contributed by atoms with E-state index in [1.54, 1.807) is 11.3 Å². The molecule has 0 radical (unpaired) electrons. The van der Waals surface area contributed by atoms with Crippen LogP contribution in [0.25, 0.3) is 0 Å². The topological polar surface area (TPSA) is 34.6 Å². The molecule has 2 saturated heterocycles. The average Bonchev–Trinajstić information content (AvgIpc) is 3.23. The zero-order valence-corrected chi connectivity index (χ0v) is 14.0. The van der Waals surface area contributed by atoms with E-state index >= 15 is 0 Å². The molecule has 4 heterocycles. The van der Waals surface area contributed by atoms with Gasteiger partial charge in [-0.15, -0.1) is 0 Å². The van der Waals surface area contributed by atoms with Gasteiger partial charge in [0.15, 0.2) is 0 Å². The number of thiophene rings is 1. The van der Waals surface area contributed by atoms with Gasteiger partial charge in [-0.3, -0.25) is 9.88 Å². The smallest absolute Gasteiger partial charge is 0.100 e. The van der Waals surface area contributed by atoms with E-state index in [1.165, 1.54) is 17.5 Å². The average molecular weight is 330 g/mol. The molecule has 2 aliphatic heterocycles. The highest BCUT2D eigenvalue weighted by Crippen LogP contribution is 2.32. The van der Waals surface area contributed by atoms with Crippen LogP contribution in [0.3, 0.4) is 0 Å². The van der Waals surface area contributed by atoms with Gasteiger partial charge in [0.05, 0.1) is 12.7 Å². The quantitative estimate of drug-likeness (QED) is 0.844. The highest BCUT2D eigenvalue weighted by atomic mass is 32.1. The van der Waals surface area contributed by atoms with Crippen LogP contribution in [-0.4, -0.2) is 41.3 Å². The molecule has 0 spiro atoms. The van der Waals surface area contributed by atoms with Crippen molar-refractivity contribution in [2.45, 2.75) is 44.2 Å². The molecule has 2 aromatic heterocycles. The van der Waals surface area contributed by atoms with Gasteiger partial charge in [-0.25, -0.2) is 0 Å². The predicted molar refractivity (Wildman–Crippen MR) is 90.3 cm³/mol. The van der Waals surface area contributed by atoms with Crippen molar-refractivity contribution in [2.24, 2.45) is 0 Å². The summed E-state index contributed by atoms with van der Waals surface area (Å²) in [6.45, 7) is 3.45. The minimum Gasteiger partial charge on any atom is -0.374 e. The van der Waals surface area contributed by atoms with Crippen LogP contribution in [0.2, 0.25) is 0 Å². The van der Waals surface area contributed by atoms with Crippen molar-refractivity contribution in [1.29, 1.82) is 0 Å². The van der Waals surface area contributed by atoms with Crippen LogP contribution in [0.1, 0.15) is 24.0 Å². The maximum atomic E-state index is 6.22. The third kappa shape index (κ3) is 3.48. The van der Waals surface area contributed by atoms with Gasteiger partial charge in [-0.2, -0.15) is 11.3 Å². The van der Waals surface area contributed by atoms with Crippen molar-refractivity contribution in [3.05, 3.63) is 52.5 Å². The third-order valence-corrected chi connectivity index (χ3v) is 5.49. The second kappa shape index (κ2) is 7.09. The molecule has 0 aromatic carbocycles. The molecule has 0 bridgehead atoms. The highest BCUT2D eigenvalue weighted by molar-refractivity contribution is 7.07. The first-order chi connectivity index (χ1) is 11.4. The summed E-state index contributed by atoms with van der Waals surface area (Å²) in [7, 11) is 0. The Hall–Kier alpha value is -1.27. The van der Waals surface area contributed by atoms with E-state index in [0.29, 0.717) is 12.6 Å². The van der Waals surface area contributed by atoms with E-state index in [4.69, 9.17) is 9.47 Å². The minimum absolute atomic E-state index is 0.159. The zero-order chi connectivity index (χ0) is 15.5. The normalized spacial score (nSPS) is 27.9. The summed E-state index contributed by atoms with van der Waals surface area (Å²) >= 11 is 1.77. The number of rotatable bonds is 5. The first kappa shape index (κ1) is 15.3. The van der Waals surface area contributed by atoms with E-state index in [1.807, 2.05) is 24.5 Å². The largest absolute Gasteiger partial charge is 0.374 e. The van der Waals surface area contributed by atoms with Crippen LogP contribution in [0, 0.1) is 0 Å². The van der Waals surface area contributed by atoms with Gasteiger partial charge in [0, 0.05) is 38.1 Å². The standard InChI is InChI=1S/C18H22N2O2S/c1-2-16-18(21-8-1)17(22-12-14-3-6-19-7-4-14)11-20(16)10-15-5-9-23-13-15/h3-7,9,13,16-18H,1-2,8,10-12H2/t16-,17+,18+/m1/s1. The van der Waals surface area contributed by atoms with E-state index < -0.39 is 0 Å². The van der Waals surface area contributed by atoms with Crippen LogP contribution >= 0.6 is 11.3 Å². The fraction of sp³-hybridized carbons (Fsp3) is 0.500. The summed E-state index contributed by atoms with van der Waals surface area (Å²) in [6.07, 6.45) is 6.37. The summed E-state index contributed by atoms with van der Waals surface area (Å²) in [5.74, 6) is 0. The lowest BCUT2D eigenvalue weighted by Crippen LogP contribution is -2.41. The number of likely N-dealkylation sites (tertiary alicyclic amines) is 1. The Morgan fingerprint density at radius 1 is 1.26 bits per heavy atom. The lowest BCUT2D eigenvalue weighted by atomic mass is 10.0. The Labute approximate surface area is 141 Å². The number of ether oxygens (including phenoxy) is 2. The first-order valence-electron chi connectivity index (χ1n) is 8.27. The van der Waals surface area contributed by atoms with Gasteiger partial charge in [-0.05, 0) is 52.9 Å². The van der Waals surface area contributed by atoms with Gasteiger partial charge < -0.3 is 9.47 Å². The van der Waals surface area contributed by atoms with Gasteiger partial charge in [0.2, 0.25) is 0 Å². The van der Waals surface area contributed by atoms with Crippen molar-refractivity contribution in [2.75, 3.05) is 13.2 Å². The molecule has 2 fully saturated rings. The van der Waals surface area contributed by atoms with E-state index in [-0.39, 0.29) is 12.2 Å². The van der Waals surface area contributed by atoms with E-state index in [0.717, 1.165) is 26.1 Å². The SMILES string of the molecule is c1cc(CO[C@H]2CN(Cc3ccsc3)[C@@H]3CCCO[C@H]23)ccn1. The highest BCUT2D eigenvalue weighted by Gasteiger charge is 2.44. The fourth-order valence-corrected chi connectivity index (χ4v) is 4.29. The Bertz CT molecular complexity index is 605. The van der Waals surface area contributed by atoms with E-state index in [2.05, 4.69) is 26.7 Å². The van der Waals surface area contributed by atoms with Crippen molar-refractivity contribution in [1.82, 2.24) is 9.88 Å². The molecule has 5 heteroatoms. The molecule has 0 saturated carbocycles. The van der Waals surface area contributed by atoms with Crippen molar-refractivity contribution in [3.8, 4) is 0 Å². The number of nitrogens with zero attached hydrogens (tertiary/aromatic N) is 2. The molecular formula is C18H22N2O2S. The molecule has 4 nitrogen and oxygen atoms in total. The fourth-order valence-electron chi connectivity index (χ4n) is 3.63. The molecular weight excluding hydrogens is 308 g/mol. The molecule has 0 aliphatic carbocycles. The van der Waals surface area contributed by atoms with Crippen LogP contribution in [0.15, 0.2) is 41.4 Å². The first-order valence-corrected chi connectivity index (χ1v) is 9.21. The lowest BCUT2D eigenvalue weighted by molar-refractivity contribution is -0.0819. The number of pyridine rings is 1. The minimum atomic E-state index is 0.159. The molecule has 122 valence electrons. The summed E-state index contributed by atoms with van der Waals surface area (Å²) in [6, 6.07) is 6.73. The maximum absolute atomic E-state index is 6.22. The molecule has 3 atom stereocenters. The monoisotopic (exact) mass is 330 g/mol. The molecule has 4 rings (SSSR count). The molecule has 2 aliphatic rings. The van der Waals surface area contributed by atoms with Crippen LogP contribution in [-0.2, 0) is 22.6 Å². The van der Waals surface area contributed by atoms with Crippen LogP contribution in [0.4, 0.5) is 0 Å².